The molecule has 2 aliphatic heterocycles. The van der Waals surface area contributed by atoms with E-state index in [1.54, 1.807) is 17.4 Å². The molecule has 2 aromatic rings. The summed E-state index contributed by atoms with van der Waals surface area (Å²) in [6.07, 6.45) is 0.340. The van der Waals surface area contributed by atoms with Gasteiger partial charge in [0.25, 0.3) is 5.91 Å². The molecule has 1 unspecified atom stereocenters. The second kappa shape index (κ2) is 5.81. The zero-order chi connectivity index (χ0) is 17.0. The van der Waals surface area contributed by atoms with Gasteiger partial charge in [-0.25, -0.2) is 0 Å². The van der Waals surface area contributed by atoms with Crippen molar-refractivity contribution in [2.24, 2.45) is 0 Å². The molecule has 1 aromatic heterocycles. The van der Waals surface area contributed by atoms with Crippen LogP contribution in [-0.2, 0) is 13.0 Å². The number of thiophene rings is 1. The van der Waals surface area contributed by atoms with Crippen molar-refractivity contribution in [3.05, 3.63) is 43.7 Å². The molecule has 126 valence electrons. The number of anilines is 1. The molecule has 5 nitrogen and oxygen atoms in total. The van der Waals surface area contributed by atoms with Gasteiger partial charge in [0.05, 0.1) is 29.1 Å². The first-order chi connectivity index (χ1) is 11.4. The summed E-state index contributed by atoms with van der Waals surface area (Å²) in [4.78, 5) is 15.4. The number of phenols is 1. The van der Waals surface area contributed by atoms with E-state index in [1.165, 1.54) is 15.8 Å². The standard InChI is InChI=1S/C16H15Cl2N3O2S/c1-21-3-2-8-11(6-21)24-16-12(8)15(23)19-14(20-16)9-4-7(17)5-10(18)13(9)22/h4-5,14,20,22H,2-3,6H2,1H3,(H,19,23)/p+1/t14-/m1/s1. The van der Waals surface area contributed by atoms with Crippen LogP contribution < -0.4 is 15.5 Å². The molecule has 0 saturated carbocycles. The third kappa shape index (κ3) is 2.54. The number of aromatic hydroxyl groups is 1. The summed E-state index contributed by atoms with van der Waals surface area (Å²) in [5, 5.41) is 17.9. The molecule has 4 rings (SSSR count). The highest BCUT2D eigenvalue weighted by Crippen LogP contribution is 2.42. The summed E-state index contributed by atoms with van der Waals surface area (Å²) >= 11 is 13.7. The Labute approximate surface area is 153 Å². The Morgan fingerprint density at radius 3 is 2.92 bits per heavy atom. The highest BCUT2D eigenvalue weighted by Gasteiger charge is 2.34. The Kier molecular flexibility index (Phi) is 3.88. The van der Waals surface area contributed by atoms with Crippen LogP contribution in [0.25, 0.3) is 0 Å². The lowest BCUT2D eigenvalue weighted by Gasteiger charge is -2.27. The van der Waals surface area contributed by atoms with Gasteiger partial charge < -0.3 is 20.6 Å². The number of fused-ring (bicyclic) bond motifs is 3. The fraction of sp³-hybridized carbons (Fsp3) is 0.312. The number of carbonyl (C=O) groups excluding carboxylic acids is 1. The van der Waals surface area contributed by atoms with Crippen molar-refractivity contribution in [2.75, 3.05) is 18.9 Å². The lowest BCUT2D eigenvalue weighted by atomic mass is 10.0. The average molecular weight is 385 g/mol. The van der Waals surface area contributed by atoms with Crippen molar-refractivity contribution >= 4 is 45.4 Å². The van der Waals surface area contributed by atoms with E-state index in [2.05, 4.69) is 17.7 Å². The van der Waals surface area contributed by atoms with Crippen LogP contribution in [-0.4, -0.2) is 24.6 Å². The molecule has 2 aliphatic rings. The lowest BCUT2D eigenvalue weighted by Crippen LogP contribution is -3.08. The van der Waals surface area contributed by atoms with E-state index in [-0.39, 0.29) is 16.7 Å². The highest BCUT2D eigenvalue weighted by molar-refractivity contribution is 7.16. The number of amides is 1. The number of halogens is 2. The summed E-state index contributed by atoms with van der Waals surface area (Å²) in [5.74, 6) is -0.200. The van der Waals surface area contributed by atoms with Gasteiger partial charge in [0.2, 0.25) is 0 Å². The maximum Gasteiger partial charge on any atom is 0.256 e. The van der Waals surface area contributed by atoms with Crippen LogP contribution in [0.4, 0.5) is 5.00 Å². The zero-order valence-corrected chi connectivity index (χ0v) is 15.2. The number of likely N-dealkylation sites (N-methyl/N-ethyl adjacent to an activating group) is 1. The van der Waals surface area contributed by atoms with E-state index in [9.17, 15) is 9.90 Å². The van der Waals surface area contributed by atoms with Gasteiger partial charge in [0.15, 0.2) is 0 Å². The Hall–Kier alpha value is -1.47. The fourth-order valence-corrected chi connectivity index (χ4v) is 5.19. The predicted molar refractivity (Wildman–Crippen MR) is 95.4 cm³/mol. The van der Waals surface area contributed by atoms with Crippen molar-refractivity contribution < 1.29 is 14.8 Å². The van der Waals surface area contributed by atoms with E-state index in [4.69, 9.17) is 23.2 Å². The van der Waals surface area contributed by atoms with Crippen molar-refractivity contribution in [1.82, 2.24) is 5.32 Å². The molecule has 8 heteroatoms. The molecule has 2 atom stereocenters. The Morgan fingerprint density at radius 2 is 2.12 bits per heavy atom. The minimum Gasteiger partial charge on any atom is -0.506 e. The van der Waals surface area contributed by atoms with Gasteiger partial charge in [-0.15, -0.1) is 11.3 Å². The Balaban J connectivity index is 1.74. The lowest BCUT2D eigenvalue weighted by molar-refractivity contribution is -0.895. The second-order valence-corrected chi connectivity index (χ2v) is 8.17. The number of benzene rings is 1. The van der Waals surface area contributed by atoms with Crippen molar-refractivity contribution in [3.8, 4) is 5.75 Å². The first-order valence-electron chi connectivity index (χ1n) is 7.65. The summed E-state index contributed by atoms with van der Waals surface area (Å²) < 4.78 is 0. The monoisotopic (exact) mass is 384 g/mol. The van der Waals surface area contributed by atoms with Crippen LogP contribution in [0.15, 0.2) is 12.1 Å². The molecule has 1 aromatic carbocycles. The van der Waals surface area contributed by atoms with Gasteiger partial charge in [-0.3, -0.25) is 4.79 Å². The molecule has 4 N–H and O–H groups in total. The van der Waals surface area contributed by atoms with Gasteiger partial charge in [-0.05, 0) is 17.7 Å². The minimum absolute atomic E-state index is 0.0761. The Bertz CT molecular complexity index is 852. The SMILES string of the molecule is C[NH+]1CCc2c(sc3c2C(=O)N[C@@H](c2cc(Cl)cc(Cl)c2O)N3)C1. The first-order valence-corrected chi connectivity index (χ1v) is 9.22. The zero-order valence-electron chi connectivity index (χ0n) is 12.9. The molecule has 0 radical (unpaired) electrons. The second-order valence-electron chi connectivity index (χ2n) is 6.22. The topological polar surface area (TPSA) is 65.8 Å². The number of nitrogens with one attached hydrogen (secondary N) is 3. The fourth-order valence-electron chi connectivity index (χ4n) is 3.29. The number of rotatable bonds is 1. The third-order valence-corrected chi connectivity index (χ3v) is 6.17. The van der Waals surface area contributed by atoms with Crippen LogP contribution in [0.5, 0.6) is 5.75 Å². The van der Waals surface area contributed by atoms with Crippen LogP contribution in [0.3, 0.4) is 0 Å². The number of quaternary nitrogens is 1. The third-order valence-electron chi connectivity index (χ3n) is 4.50. The van der Waals surface area contributed by atoms with Gasteiger partial charge in [0.1, 0.15) is 23.5 Å². The smallest absolute Gasteiger partial charge is 0.256 e. The average Bonchev–Trinajstić information content (AvgIpc) is 2.88. The molecule has 0 bridgehead atoms. The molecule has 1 amide bonds. The summed E-state index contributed by atoms with van der Waals surface area (Å²) in [7, 11) is 2.16. The van der Waals surface area contributed by atoms with E-state index >= 15 is 0 Å². The quantitative estimate of drug-likeness (QED) is 0.609. The number of carbonyl (C=O) groups is 1. The maximum absolute atomic E-state index is 12.7. The van der Waals surface area contributed by atoms with Crippen molar-refractivity contribution in [1.29, 1.82) is 0 Å². The normalized spacial score (nSPS) is 22.4. The Morgan fingerprint density at radius 1 is 1.33 bits per heavy atom. The number of hydrogen-bond donors (Lipinski definition) is 4. The molecule has 24 heavy (non-hydrogen) atoms. The maximum atomic E-state index is 12.7. The van der Waals surface area contributed by atoms with Gasteiger partial charge in [0, 0.05) is 17.0 Å². The van der Waals surface area contributed by atoms with E-state index in [0.717, 1.165) is 35.6 Å². The minimum atomic E-state index is -0.564. The summed E-state index contributed by atoms with van der Waals surface area (Å²) in [5.41, 5.74) is 2.35. The summed E-state index contributed by atoms with van der Waals surface area (Å²) in [6.45, 7) is 1.96. The first kappa shape index (κ1) is 16.0. The number of hydrogen-bond acceptors (Lipinski definition) is 4. The van der Waals surface area contributed by atoms with Gasteiger partial charge in [-0.1, -0.05) is 23.2 Å². The van der Waals surface area contributed by atoms with E-state index in [0.29, 0.717) is 10.6 Å². The highest BCUT2D eigenvalue weighted by atomic mass is 35.5. The largest absolute Gasteiger partial charge is 0.506 e. The summed E-state index contributed by atoms with van der Waals surface area (Å²) in [6, 6.07) is 3.08. The van der Waals surface area contributed by atoms with E-state index < -0.39 is 6.17 Å². The van der Waals surface area contributed by atoms with Crippen LogP contribution in [0, 0.1) is 0 Å². The predicted octanol–water partition coefficient (Wildman–Crippen LogP) is 2.19. The van der Waals surface area contributed by atoms with Gasteiger partial charge in [-0.2, -0.15) is 0 Å². The molecule has 0 saturated heterocycles. The van der Waals surface area contributed by atoms with Crippen molar-refractivity contribution in [3.63, 3.8) is 0 Å². The number of phenolic OH excluding ortho intramolecular Hbond substituents is 1. The van der Waals surface area contributed by atoms with Crippen LogP contribution in [0.1, 0.15) is 32.5 Å². The molecule has 0 aliphatic carbocycles. The molecular formula is C16H16Cl2N3O2S+. The molecule has 3 heterocycles. The van der Waals surface area contributed by atoms with E-state index in [1.807, 2.05) is 0 Å². The van der Waals surface area contributed by atoms with Gasteiger partial charge >= 0.3 is 0 Å². The molecule has 0 spiro atoms. The van der Waals surface area contributed by atoms with Crippen LogP contribution >= 0.6 is 34.5 Å². The molecular weight excluding hydrogens is 369 g/mol. The van der Waals surface area contributed by atoms with Crippen molar-refractivity contribution in [2.45, 2.75) is 19.1 Å². The van der Waals surface area contributed by atoms with Crippen LogP contribution in [0.2, 0.25) is 10.0 Å². The molecule has 0 fully saturated rings.